The van der Waals surface area contributed by atoms with Crippen molar-refractivity contribution in [2.24, 2.45) is 5.92 Å². The van der Waals surface area contributed by atoms with E-state index in [1.165, 1.54) is 12.6 Å². The van der Waals surface area contributed by atoms with Gasteiger partial charge < -0.3 is 14.2 Å². The molecular formula is C19H23ClN4O2. The molecule has 0 unspecified atom stereocenters. The van der Waals surface area contributed by atoms with E-state index in [0.717, 1.165) is 37.5 Å². The van der Waals surface area contributed by atoms with Crippen molar-refractivity contribution < 1.29 is 9.21 Å². The predicted octanol–water partition coefficient (Wildman–Crippen LogP) is 3.72. The van der Waals surface area contributed by atoms with Gasteiger partial charge in [-0.15, -0.1) is 0 Å². The summed E-state index contributed by atoms with van der Waals surface area (Å²) in [5.41, 5.74) is 0.244. The number of rotatable bonds is 5. The van der Waals surface area contributed by atoms with E-state index in [1.54, 1.807) is 11.9 Å². The van der Waals surface area contributed by atoms with Gasteiger partial charge in [0.25, 0.3) is 5.91 Å². The lowest BCUT2D eigenvalue weighted by molar-refractivity contribution is 0.0769. The zero-order valence-corrected chi connectivity index (χ0v) is 15.9. The second kappa shape index (κ2) is 6.91. The minimum Gasteiger partial charge on any atom is -0.464 e. The number of carbonyl (C=O) groups excluding carboxylic acids is 1. The number of hydrogen-bond acceptors (Lipinski definition) is 5. The second-order valence-corrected chi connectivity index (χ2v) is 7.75. The van der Waals surface area contributed by atoms with E-state index in [4.69, 9.17) is 16.0 Å². The Hall–Kier alpha value is -2.08. The van der Waals surface area contributed by atoms with Gasteiger partial charge in [0.2, 0.25) is 5.95 Å². The van der Waals surface area contributed by atoms with Crippen molar-refractivity contribution in [1.82, 2.24) is 14.9 Å². The van der Waals surface area contributed by atoms with E-state index in [1.807, 2.05) is 12.1 Å². The molecule has 2 aliphatic rings. The van der Waals surface area contributed by atoms with Crippen molar-refractivity contribution in [2.45, 2.75) is 38.6 Å². The Kier molecular flexibility index (Phi) is 4.61. The molecule has 2 aromatic rings. The molecular weight excluding hydrogens is 352 g/mol. The van der Waals surface area contributed by atoms with Crippen LogP contribution in [0.2, 0.25) is 5.02 Å². The van der Waals surface area contributed by atoms with Gasteiger partial charge >= 0.3 is 0 Å². The first-order valence-electron chi connectivity index (χ1n) is 9.14. The molecule has 2 fully saturated rings. The number of hydrogen-bond donors (Lipinski definition) is 0. The topological polar surface area (TPSA) is 62.5 Å². The summed E-state index contributed by atoms with van der Waals surface area (Å²) in [7, 11) is 1.73. The maximum atomic E-state index is 12.8. The summed E-state index contributed by atoms with van der Waals surface area (Å²) in [6, 6.07) is 3.96. The van der Waals surface area contributed by atoms with Gasteiger partial charge in [0.15, 0.2) is 5.69 Å². The normalized spacial score (nSPS) is 21.9. The average molecular weight is 375 g/mol. The maximum absolute atomic E-state index is 12.8. The van der Waals surface area contributed by atoms with Gasteiger partial charge in [-0.1, -0.05) is 18.5 Å². The third kappa shape index (κ3) is 3.43. The van der Waals surface area contributed by atoms with Crippen LogP contribution in [0.5, 0.6) is 0 Å². The van der Waals surface area contributed by atoms with Gasteiger partial charge in [-0.05, 0) is 37.3 Å². The van der Waals surface area contributed by atoms with Crippen LogP contribution in [-0.4, -0.2) is 40.9 Å². The second-order valence-electron chi connectivity index (χ2n) is 7.35. The highest BCUT2D eigenvalue weighted by Gasteiger charge is 2.36. The standard InChI is InChI=1S/C19H23ClN4O2/c1-12-9-14(12)16-6-5-13(26-16)11-23(2)18(25)17-15(20)10-21-19(22-17)24-7-3-4-8-24/h5-6,10,12,14H,3-4,7-9,11H2,1-2H3/t12-,14-/m0/s1. The van der Waals surface area contributed by atoms with Crippen LogP contribution in [0.1, 0.15) is 54.1 Å². The fourth-order valence-electron chi connectivity index (χ4n) is 3.46. The number of furan rings is 1. The number of anilines is 1. The molecule has 0 spiro atoms. The van der Waals surface area contributed by atoms with Crippen molar-refractivity contribution in [2.75, 3.05) is 25.0 Å². The van der Waals surface area contributed by atoms with Crippen molar-refractivity contribution in [3.63, 3.8) is 0 Å². The van der Waals surface area contributed by atoms with Crippen molar-refractivity contribution >= 4 is 23.5 Å². The lowest BCUT2D eigenvalue weighted by Crippen LogP contribution is -2.28. The van der Waals surface area contributed by atoms with Crippen LogP contribution >= 0.6 is 11.6 Å². The van der Waals surface area contributed by atoms with Crippen LogP contribution < -0.4 is 4.90 Å². The Morgan fingerprint density at radius 3 is 2.81 bits per heavy atom. The lowest BCUT2D eigenvalue weighted by atomic mass is 10.3. The van der Waals surface area contributed by atoms with Crippen LogP contribution in [0.15, 0.2) is 22.7 Å². The van der Waals surface area contributed by atoms with Crippen LogP contribution in [0.3, 0.4) is 0 Å². The zero-order chi connectivity index (χ0) is 18.3. The molecule has 0 radical (unpaired) electrons. The number of aromatic nitrogens is 2. The summed E-state index contributed by atoms with van der Waals surface area (Å²) in [4.78, 5) is 25.2. The molecule has 26 heavy (non-hydrogen) atoms. The van der Waals surface area contributed by atoms with Crippen molar-refractivity contribution in [1.29, 1.82) is 0 Å². The summed E-state index contributed by atoms with van der Waals surface area (Å²) >= 11 is 6.20. The molecule has 2 atom stereocenters. The van der Waals surface area contributed by atoms with E-state index in [9.17, 15) is 4.79 Å². The smallest absolute Gasteiger partial charge is 0.274 e. The highest BCUT2D eigenvalue weighted by atomic mass is 35.5. The quantitative estimate of drug-likeness (QED) is 0.798. The van der Waals surface area contributed by atoms with Gasteiger partial charge in [-0.2, -0.15) is 0 Å². The Morgan fingerprint density at radius 1 is 1.38 bits per heavy atom. The number of halogens is 1. The maximum Gasteiger partial charge on any atom is 0.274 e. The number of nitrogens with zero attached hydrogens (tertiary/aromatic N) is 4. The molecule has 3 heterocycles. The van der Waals surface area contributed by atoms with Gasteiger partial charge in [-0.3, -0.25) is 4.79 Å². The van der Waals surface area contributed by atoms with Crippen LogP contribution in [0.25, 0.3) is 0 Å². The SMILES string of the molecule is C[C@H]1C[C@@H]1c1ccc(CN(C)C(=O)c2nc(N3CCCC3)ncc2Cl)o1. The summed E-state index contributed by atoms with van der Waals surface area (Å²) in [6.07, 6.45) is 4.94. The summed E-state index contributed by atoms with van der Waals surface area (Å²) in [5, 5.41) is 0.275. The minimum absolute atomic E-state index is 0.226. The van der Waals surface area contributed by atoms with E-state index in [2.05, 4.69) is 21.8 Å². The summed E-state index contributed by atoms with van der Waals surface area (Å²) < 4.78 is 5.90. The Balaban J connectivity index is 1.47. The third-order valence-corrected chi connectivity index (χ3v) is 5.50. The molecule has 0 bridgehead atoms. The predicted molar refractivity (Wildman–Crippen MR) is 99.5 cm³/mol. The molecule has 6 nitrogen and oxygen atoms in total. The average Bonchev–Trinajstić information content (AvgIpc) is 3.06. The van der Waals surface area contributed by atoms with Gasteiger partial charge in [-0.25, -0.2) is 9.97 Å². The first-order chi connectivity index (χ1) is 12.5. The van der Waals surface area contributed by atoms with Crippen LogP contribution in [0.4, 0.5) is 5.95 Å². The Bertz CT molecular complexity index is 816. The van der Waals surface area contributed by atoms with E-state index in [-0.39, 0.29) is 16.6 Å². The van der Waals surface area contributed by atoms with Crippen molar-refractivity contribution in [3.05, 3.63) is 40.6 Å². The number of amides is 1. The van der Waals surface area contributed by atoms with E-state index < -0.39 is 0 Å². The van der Waals surface area contributed by atoms with Crippen molar-refractivity contribution in [3.8, 4) is 0 Å². The monoisotopic (exact) mass is 374 g/mol. The third-order valence-electron chi connectivity index (χ3n) is 5.22. The highest BCUT2D eigenvalue weighted by Crippen LogP contribution is 2.47. The Morgan fingerprint density at radius 2 is 2.12 bits per heavy atom. The largest absolute Gasteiger partial charge is 0.464 e. The summed E-state index contributed by atoms with van der Waals surface area (Å²) in [5.74, 6) is 3.37. The first kappa shape index (κ1) is 17.3. The molecule has 7 heteroatoms. The molecule has 1 saturated heterocycles. The molecule has 1 aliphatic carbocycles. The van der Waals surface area contributed by atoms with Gasteiger partial charge in [0, 0.05) is 26.1 Å². The lowest BCUT2D eigenvalue weighted by Gasteiger charge is -2.19. The molecule has 1 amide bonds. The van der Waals surface area contributed by atoms with E-state index in [0.29, 0.717) is 24.3 Å². The molecule has 138 valence electrons. The van der Waals surface area contributed by atoms with Crippen LogP contribution in [-0.2, 0) is 6.54 Å². The van der Waals surface area contributed by atoms with E-state index >= 15 is 0 Å². The summed E-state index contributed by atoms with van der Waals surface area (Å²) in [6.45, 7) is 4.44. The molecule has 0 N–H and O–H groups in total. The first-order valence-corrected chi connectivity index (χ1v) is 9.52. The molecule has 0 aromatic carbocycles. The Labute approximate surface area is 158 Å². The van der Waals surface area contributed by atoms with Gasteiger partial charge in [0.1, 0.15) is 11.5 Å². The molecule has 1 saturated carbocycles. The molecule has 4 rings (SSSR count). The van der Waals surface area contributed by atoms with Gasteiger partial charge in [0.05, 0.1) is 17.8 Å². The van der Waals surface area contributed by atoms with Crippen LogP contribution in [0, 0.1) is 5.92 Å². The highest BCUT2D eigenvalue weighted by molar-refractivity contribution is 6.33. The molecule has 1 aliphatic heterocycles. The fraction of sp³-hybridized carbons (Fsp3) is 0.526. The minimum atomic E-state index is -0.226. The number of carbonyl (C=O) groups is 1. The molecule has 2 aromatic heterocycles. The zero-order valence-electron chi connectivity index (χ0n) is 15.1. The fourth-order valence-corrected chi connectivity index (χ4v) is 3.63.